The van der Waals surface area contributed by atoms with Gasteiger partial charge in [-0.05, 0) is 55.7 Å². The van der Waals surface area contributed by atoms with E-state index in [9.17, 15) is 42.0 Å². The van der Waals surface area contributed by atoms with Crippen molar-refractivity contribution in [2.24, 2.45) is 11.8 Å². The van der Waals surface area contributed by atoms with E-state index in [0.717, 1.165) is 22.5 Å². The van der Waals surface area contributed by atoms with Crippen molar-refractivity contribution in [3.8, 4) is 5.75 Å². The largest absolute Gasteiger partial charge is 0.493 e. The molecule has 5 aliphatic heterocycles. The van der Waals surface area contributed by atoms with Gasteiger partial charge in [0.15, 0.2) is 0 Å². The van der Waals surface area contributed by atoms with E-state index in [-0.39, 0.29) is 111 Å². The Balaban J connectivity index is 0.812. The van der Waals surface area contributed by atoms with E-state index in [2.05, 4.69) is 21.3 Å². The molecule has 0 bridgehead atoms. The van der Waals surface area contributed by atoms with Crippen molar-refractivity contribution in [2.75, 3.05) is 58.0 Å². The molecule has 328 valence electrons. The van der Waals surface area contributed by atoms with Crippen LogP contribution in [0.3, 0.4) is 0 Å². The number of nitrogens with one attached hydrogen (secondary N) is 4. The van der Waals surface area contributed by atoms with E-state index in [1.54, 1.807) is 28.8 Å². The van der Waals surface area contributed by atoms with Crippen molar-refractivity contribution in [1.29, 1.82) is 0 Å². The minimum atomic E-state index is -3.44. The summed E-state index contributed by atoms with van der Waals surface area (Å²) in [4.78, 5) is 92.7. The van der Waals surface area contributed by atoms with Crippen LogP contribution < -0.4 is 26.0 Å². The van der Waals surface area contributed by atoms with Gasteiger partial charge in [0.2, 0.25) is 39.6 Å². The highest BCUT2D eigenvalue weighted by atomic mass is 32.2. The summed E-state index contributed by atoms with van der Waals surface area (Å²) in [6.07, 6.45) is 3.08. The van der Waals surface area contributed by atoms with Crippen molar-refractivity contribution in [3.63, 3.8) is 0 Å². The average molecular weight is 882 g/mol. The first-order valence-electron chi connectivity index (χ1n) is 20.6. The number of hydrogen-bond acceptors (Lipinski definition) is 13. The lowest BCUT2D eigenvalue weighted by molar-refractivity contribution is -0.138. The third-order valence-electron chi connectivity index (χ3n) is 11.6. The number of sulfonamides is 1. The van der Waals surface area contributed by atoms with Crippen LogP contribution in [-0.4, -0.2) is 139 Å². The van der Waals surface area contributed by atoms with E-state index in [1.807, 2.05) is 30.3 Å². The van der Waals surface area contributed by atoms with Gasteiger partial charge in [-0.15, -0.1) is 11.8 Å². The molecule has 4 fully saturated rings. The number of thioether (sulfide) groups is 1. The van der Waals surface area contributed by atoms with Crippen LogP contribution in [-0.2, 0) is 38.7 Å². The Morgan fingerprint density at radius 1 is 0.951 bits per heavy atom. The SMILES string of the molecule is CS(=O)(=O)N1CCC(C(=O)N[C@@H](CCOCCCC(=O)N2CC(CCOc3cccc4c3C(=O)N(C3CCC(=O)NC3=O)C4=O)C2)C(=O)NC2NC(c3ccccc3)CS2)C1. The molecule has 5 aliphatic rings. The lowest BCUT2D eigenvalue weighted by Gasteiger charge is -2.39. The van der Waals surface area contributed by atoms with E-state index < -0.39 is 51.7 Å². The molecule has 7 amide bonds. The van der Waals surface area contributed by atoms with E-state index in [1.165, 1.54) is 10.4 Å². The van der Waals surface area contributed by atoms with E-state index >= 15 is 0 Å². The molecule has 2 aromatic rings. The van der Waals surface area contributed by atoms with E-state index in [4.69, 9.17) is 9.47 Å². The fourth-order valence-corrected chi connectivity index (χ4v) is 10.2. The maximum absolute atomic E-state index is 13.5. The van der Waals surface area contributed by atoms with Gasteiger partial charge >= 0.3 is 0 Å². The predicted molar refractivity (Wildman–Crippen MR) is 221 cm³/mol. The first-order valence-corrected chi connectivity index (χ1v) is 23.5. The van der Waals surface area contributed by atoms with Crippen LogP contribution in [0.1, 0.15) is 77.3 Å². The van der Waals surface area contributed by atoms with Crippen LogP contribution in [0.25, 0.3) is 0 Å². The molecule has 0 spiro atoms. The molecule has 2 aromatic carbocycles. The zero-order valence-corrected chi connectivity index (χ0v) is 35.5. The van der Waals surface area contributed by atoms with Crippen molar-refractivity contribution in [2.45, 2.75) is 68.6 Å². The number of amides is 7. The van der Waals surface area contributed by atoms with Crippen LogP contribution in [0, 0.1) is 11.8 Å². The molecule has 61 heavy (non-hydrogen) atoms. The number of carbonyl (C=O) groups excluding carboxylic acids is 7. The summed E-state index contributed by atoms with van der Waals surface area (Å²) in [6, 6.07) is 12.7. The summed E-state index contributed by atoms with van der Waals surface area (Å²) in [7, 11) is -3.44. The summed E-state index contributed by atoms with van der Waals surface area (Å²) < 4.78 is 37.1. The number of hydrogen-bond donors (Lipinski definition) is 4. The summed E-state index contributed by atoms with van der Waals surface area (Å²) in [5.41, 5.74) is 0.977. The number of imide groups is 2. The molecule has 7 rings (SSSR count). The number of piperidine rings is 1. The van der Waals surface area contributed by atoms with Gasteiger partial charge in [0.25, 0.3) is 11.8 Å². The Morgan fingerprint density at radius 3 is 2.48 bits per heavy atom. The zero-order valence-electron chi connectivity index (χ0n) is 33.8. The maximum atomic E-state index is 13.5. The number of benzene rings is 2. The van der Waals surface area contributed by atoms with Gasteiger partial charge in [-0.3, -0.25) is 49.1 Å². The van der Waals surface area contributed by atoms with Gasteiger partial charge in [-0.1, -0.05) is 36.4 Å². The molecule has 5 atom stereocenters. The Hall–Kier alpha value is -4.89. The standard InChI is InChI=1S/C41H51N7O11S2/c1-61(56,57)47-17-14-27(23-47)36(51)42-29(37(52)45-41-43-30(24-60-41)26-7-3-2-4-8-26)16-19-58-18-6-11-34(50)46-21-25(22-46)15-20-59-32-10-5-9-28-35(32)40(55)48(39(28)54)31-12-13-33(49)44-38(31)53/h2-5,7-10,25,27,29-31,41,43H,6,11-24H2,1H3,(H,42,51)(H,45,52)(H,44,49,53)/t27?,29-,30?,31?,41?/m0/s1. The van der Waals surface area contributed by atoms with Crippen molar-refractivity contribution in [1.82, 2.24) is 35.4 Å². The Morgan fingerprint density at radius 2 is 1.74 bits per heavy atom. The smallest absolute Gasteiger partial charge is 0.266 e. The maximum Gasteiger partial charge on any atom is 0.266 e. The van der Waals surface area contributed by atoms with Crippen molar-refractivity contribution < 1.29 is 51.5 Å². The average Bonchev–Trinajstić information content (AvgIpc) is 3.96. The number of carbonyl (C=O) groups is 7. The quantitative estimate of drug-likeness (QED) is 0.120. The van der Waals surface area contributed by atoms with Gasteiger partial charge in [0.05, 0.1) is 29.9 Å². The van der Waals surface area contributed by atoms with Gasteiger partial charge in [0.1, 0.15) is 23.3 Å². The zero-order chi connectivity index (χ0) is 43.3. The number of nitrogens with zero attached hydrogens (tertiary/aromatic N) is 3. The second-order valence-electron chi connectivity index (χ2n) is 16.0. The second-order valence-corrected chi connectivity index (χ2v) is 19.1. The summed E-state index contributed by atoms with van der Waals surface area (Å²) in [6.45, 7) is 2.07. The Labute approximate surface area is 358 Å². The molecule has 0 saturated carbocycles. The molecule has 0 aliphatic carbocycles. The summed E-state index contributed by atoms with van der Waals surface area (Å²) in [5, 5.41) is 11.4. The molecule has 0 radical (unpaired) electrons. The molecule has 4 N–H and O–H groups in total. The first kappa shape index (κ1) is 44.2. The second kappa shape index (κ2) is 19.4. The monoisotopic (exact) mass is 881 g/mol. The number of likely N-dealkylation sites (tertiary alicyclic amines) is 1. The fraction of sp³-hybridized carbons (Fsp3) is 0.537. The molecular weight excluding hydrogens is 831 g/mol. The number of ether oxygens (including phenoxy) is 2. The molecule has 4 saturated heterocycles. The molecule has 20 heteroatoms. The molecule has 18 nitrogen and oxygen atoms in total. The topological polar surface area (TPSA) is 230 Å². The van der Waals surface area contributed by atoms with E-state index in [0.29, 0.717) is 32.4 Å². The minimum absolute atomic E-state index is 0.0149. The molecule has 0 aromatic heterocycles. The van der Waals surface area contributed by atoms with Crippen LogP contribution >= 0.6 is 11.8 Å². The highest BCUT2D eigenvalue weighted by Crippen LogP contribution is 2.34. The van der Waals surface area contributed by atoms with Crippen LogP contribution in [0.15, 0.2) is 48.5 Å². The Bertz CT molecular complexity index is 2140. The van der Waals surface area contributed by atoms with Crippen LogP contribution in [0.4, 0.5) is 0 Å². The first-order chi connectivity index (χ1) is 29.3. The van der Waals surface area contributed by atoms with Gasteiger partial charge in [-0.25, -0.2) is 12.7 Å². The van der Waals surface area contributed by atoms with Gasteiger partial charge in [0, 0.05) is 64.0 Å². The highest BCUT2D eigenvalue weighted by molar-refractivity contribution is 8.00. The highest BCUT2D eigenvalue weighted by Gasteiger charge is 2.46. The van der Waals surface area contributed by atoms with Crippen molar-refractivity contribution in [3.05, 3.63) is 65.2 Å². The number of rotatable bonds is 18. The van der Waals surface area contributed by atoms with Crippen LogP contribution in [0.5, 0.6) is 5.75 Å². The normalized spacial score (nSPS) is 23.7. The third kappa shape index (κ3) is 10.6. The minimum Gasteiger partial charge on any atom is -0.493 e. The number of fused-ring (bicyclic) bond motifs is 1. The van der Waals surface area contributed by atoms with Crippen LogP contribution in [0.2, 0.25) is 0 Å². The lowest BCUT2D eigenvalue weighted by Crippen LogP contribution is -2.54. The van der Waals surface area contributed by atoms with Gasteiger partial charge < -0.3 is 25.0 Å². The summed E-state index contributed by atoms with van der Waals surface area (Å²) in [5.74, 6) is -2.54. The van der Waals surface area contributed by atoms with Gasteiger partial charge in [-0.2, -0.15) is 0 Å². The Kier molecular flexibility index (Phi) is 14.1. The molecule has 4 unspecified atom stereocenters. The fourth-order valence-electron chi connectivity index (χ4n) is 8.15. The predicted octanol–water partition coefficient (Wildman–Crippen LogP) is 0.746. The molecule has 5 heterocycles. The van der Waals surface area contributed by atoms with Crippen molar-refractivity contribution >= 4 is 63.1 Å². The molecular formula is C41H51N7O11S2. The lowest BCUT2D eigenvalue weighted by atomic mass is 9.96. The third-order valence-corrected chi connectivity index (χ3v) is 14.0. The summed E-state index contributed by atoms with van der Waals surface area (Å²) >= 11 is 1.55.